The third-order valence-corrected chi connectivity index (χ3v) is 6.98. The van der Waals surface area contributed by atoms with Gasteiger partial charge >= 0.3 is 0 Å². The third-order valence-electron chi connectivity index (χ3n) is 6.98. The molecule has 0 unspecified atom stereocenters. The first-order chi connectivity index (χ1) is 16.5. The minimum absolute atomic E-state index is 0. The highest BCUT2D eigenvalue weighted by molar-refractivity contribution is 6.00. The number of benzene rings is 4. The van der Waals surface area contributed by atoms with E-state index in [1.54, 1.807) is 0 Å². The monoisotopic (exact) mass is 526 g/mol. The van der Waals surface area contributed by atoms with Gasteiger partial charge in [-0.3, -0.25) is 4.79 Å². The van der Waals surface area contributed by atoms with Gasteiger partial charge in [-0.1, -0.05) is 42.5 Å². The molecule has 0 spiro atoms. The van der Waals surface area contributed by atoms with Gasteiger partial charge < -0.3 is 21.7 Å². The number of hydrogen-bond acceptors (Lipinski definition) is 2. The molecule has 1 aliphatic heterocycles. The number of aromatic nitrogens is 2. The first-order valence-electron chi connectivity index (χ1n) is 11.8. The number of ketones is 1. The van der Waals surface area contributed by atoms with E-state index in [0.29, 0.717) is 6.54 Å². The summed E-state index contributed by atoms with van der Waals surface area (Å²) in [5, 5.41) is 2.24. The smallest absolute Gasteiger partial charge is 0.245 e. The highest BCUT2D eigenvalue weighted by Crippen LogP contribution is 2.26. The van der Waals surface area contributed by atoms with E-state index >= 15 is 0 Å². The van der Waals surface area contributed by atoms with E-state index in [1.165, 1.54) is 22.3 Å². The van der Waals surface area contributed by atoms with Crippen LogP contribution in [0.25, 0.3) is 21.8 Å². The number of halogens is 1. The molecule has 5 aromatic rings. The fourth-order valence-corrected chi connectivity index (χ4v) is 4.93. The Labute approximate surface area is 215 Å². The number of carbonyl (C=O) groups excluding carboxylic acids is 1. The van der Waals surface area contributed by atoms with Crippen molar-refractivity contribution in [3.8, 4) is 5.75 Å². The SMILES string of the molecule is Cc1cc2c(cc1C)[n+](Cc1ccc3c(c1)CCO3)cn2CC(=O)c1ccc2ccccc2c1.[Br-]. The molecule has 35 heavy (non-hydrogen) atoms. The van der Waals surface area contributed by atoms with Crippen molar-refractivity contribution < 1.29 is 31.1 Å². The summed E-state index contributed by atoms with van der Waals surface area (Å²) in [5.41, 5.74) is 7.98. The lowest BCUT2D eigenvalue weighted by Gasteiger charge is -2.04. The van der Waals surface area contributed by atoms with Crippen molar-refractivity contribution in [2.75, 3.05) is 6.61 Å². The normalized spacial score (nSPS) is 12.4. The number of fused-ring (bicyclic) bond motifs is 3. The third kappa shape index (κ3) is 4.37. The van der Waals surface area contributed by atoms with Crippen LogP contribution in [0.1, 0.15) is 32.6 Å². The second kappa shape index (κ2) is 9.31. The van der Waals surface area contributed by atoms with Gasteiger partial charge in [-0.25, -0.2) is 9.13 Å². The molecule has 4 aromatic carbocycles. The molecule has 0 fully saturated rings. The second-order valence-corrected chi connectivity index (χ2v) is 9.32. The van der Waals surface area contributed by atoms with Gasteiger partial charge in [-0.15, -0.1) is 0 Å². The quantitative estimate of drug-likeness (QED) is 0.260. The number of ether oxygens (including phenoxy) is 1. The Balaban J connectivity index is 0.00000253. The van der Waals surface area contributed by atoms with Gasteiger partial charge in [0.25, 0.3) is 0 Å². The van der Waals surface area contributed by atoms with Gasteiger partial charge in [0.15, 0.2) is 17.6 Å². The highest BCUT2D eigenvalue weighted by Gasteiger charge is 2.21. The van der Waals surface area contributed by atoms with Crippen molar-refractivity contribution in [1.29, 1.82) is 0 Å². The lowest BCUT2D eigenvalue weighted by Crippen LogP contribution is -3.00. The predicted molar refractivity (Wildman–Crippen MR) is 135 cm³/mol. The Morgan fingerprint density at radius 3 is 2.60 bits per heavy atom. The molecule has 2 heterocycles. The maximum absolute atomic E-state index is 13.3. The number of carbonyl (C=O) groups is 1. The van der Waals surface area contributed by atoms with Crippen molar-refractivity contribution in [3.05, 3.63) is 107 Å². The van der Waals surface area contributed by atoms with Gasteiger partial charge in [-0.05, 0) is 77.2 Å². The maximum Gasteiger partial charge on any atom is 0.245 e. The molecule has 0 bridgehead atoms. The molecule has 176 valence electrons. The minimum atomic E-state index is 0. The zero-order valence-electron chi connectivity index (χ0n) is 19.9. The van der Waals surface area contributed by atoms with Crippen LogP contribution in [-0.2, 0) is 19.5 Å². The van der Waals surface area contributed by atoms with Crippen LogP contribution in [0.15, 0.2) is 79.1 Å². The van der Waals surface area contributed by atoms with Crippen LogP contribution in [0.3, 0.4) is 0 Å². The fraction of sp³-hybridized carbons (Fsp3) is 0.200. The Hall–Kier alpha value is -3.44. The molecule has 0 atom stereocenters. The van der Waals surface area contributed by atoms with Crippen molar-refractivity contribution in [1.82, 2.24) is 4.57 Å². The number of nitrogens with zero attached hydrogens (tertiary/aromatic N) is 2. The highest BCUT2D eigenvalue weighted by atomic mass is 79.9. The zero-order chi connectivity index (χ0) is 23.2. The van der Waals surface area contributed by atoms with Crippen LogP contribution in [-0.4, -0.2) is 17.0 Å². The van der Waals surface area contributed by atoms with Gasteiger partial charge in [0.2, 0.25) is 12.1 Å². The van der Waals surface area contributed by atoms with Crippen LogP contribution in [0.5, 0.6) is 5.75 Å². The summed E-state index contributed by atoms with van der Waals surface area (Å²) in [5.74, 6) is 1.12. The topological polar surface area (TPSA) is 35.1 Å². The number of rotatable bonds is 5. The van der Waals surface area contributed by atoms with E-state index in [9.17, 15) is 4.79 Å². The standard InChI is InChI=1S/C30H27N2O2.BrH/c1-20-13-27-28(14-21(20)2)32(18-29(33)25-9-8-23-5-3-4-6-24(23)16-25)19-31(27)17-22-7-10-30-26(15-22)11-12-34-30;/h3-10,13-16,19H,11-12,17-18H2,1-2H3;1H/q+1;/p-1. The van der Waals surface area contributed by atoms with E-state index in [4.69, 9.17) is 4.74 Å². The molecule has 4 nitrogen and oxygen atoms in total. The van der Waals surface area contributed by atoms with Gasteiger partial charge in [0.05, 0.1) is 6.61 Å². The maximum atomic E-state index is 13.3. The molecule has 0 radical (unpaired) electrons. The summed E-state index contributed by atoms with van der Waals surface area (Å²) in [6.07, 6.45) is 3.06. The van der Waals surface area contributed by atoms with E-state index in [2.05, 4.69) is 71.8 Å². The largest absolute Gasteiger partial charge is 1.00 e. The minimum Gasteiger partial charge on any atom is -1.00 e. The molecular formula is C30H27BrN2O2. The lowest BCUT2D eigenvalue weighted by molar-refractivity contribution is -0.663. The molecular weight excluding hydrogens is 500 g/mol. The summed E-state index contributed by atoms with van der Waals surface area (Å²) in [6, 6.07) is 25.0. The van der Waals surface area contributed by atoms with Crippen molar-refractivity contribution >= 4 is 27.6 Å². The summed E-state index contributed by atoms with van der Waals surface area (Å²) in [4.78, 5) is 13.3. The molecule has 0 saturated carbocycles. The van der Waals surface area contributed by atoms with Crippen LogP contribution in [0.2, 0.25) is 0 Å². The molecule has 0 aliphatic carbocycles. The van der Waals surface area contributed by atoms with E-state index in [0.717, 1.165) is 52.7 Å². The van der Waals surface area contributed by atoms with E-state index in [-0.39, 0.29) is 22.8 Å². The zero-order valence-corrected chi connectivity index (χ0v) is 21.5. The number of Topliss-reactive ketones (excluding diaryl/α,β-unsaturated/α-hetero) is 1. The van der Waals surface area contributed by atoms with Crippen LogP contribution in [0, 0.1) is 13.8 Å². The van der Waals surface area contributed by atoms with Crippen molar-refractivity contribution in [2.45, 2.75) is 33.4 Å². The van der Waals surface area contributed by atoms with Crippen LogP contribution < -0.4 is 26.3 Å². The Morgan fingerprint density at radius 2 is 1.74 bits per heavy atom. The first kappa shape index (κ1) is 23.3. The molecule has 6 rings (SSSR count). The average Bonchev–Trinajstić information content (AvgIpc) is 3.44. The van der Waals surface area contributed by atoms with Gasteiger partial charge in [-0.2, -0.15) is 0 Å². The van der Waals surface area contributed by atoms with Crippen molar-refractivity contribution in [2.24, 2.45) is 0 Å². The molecule has 0 N–H and O–H groups in total. The fourth-order valence-electron chi connectivity index (χ4n) is 4.93. The summed E-state index contributed by atoms with van der Waals surface area (Å²) >= 11 is 0. The van der Waals surface area contributed by atoms with E-state index < -0.39 is 0 Å². The Kier molecular flexibility index (Phi) is 6.20. The molecule has 0 amide bonds. The second-order valence-electron chi connectivity index (χ2n) is 9.32. The summed E-state index contributed by atoms with van der Waals surface area (Å²) in [7, 11) is 0. The molecule has 1 aliphatic rings. The number of imidazole rings is 1. The molecule has 1 aromatic heterocycles. The predicted octanol–water partition coefficient (Wildman–Crippen LogP) is 2.57. The molecule has 0 saturated heterocycles. The average molecular weight is 527 g/mol. The van der Waals surface area contributed by atoms with E-state index in [1.807, 2.05) is 30.3 Å². The Morgan fingerprint density at radius 1 is 0.943 bits per heavy atom. The Bertz CT molecular complexity index is 1580. The number of aryl methyl sites for hydroxylation is 2. The lowest BCUT2D eigenvalue weighted by atomic mass is 10.0. The van der Waals surface area contributed by atoms with Crippen molar-refractivity contribution in [3.63, 3.8) is 0 Å². The number of hydrogen-bond donors (Lipinski definition) is 0. The van der Waals surface area contributed by atoms with Crippen LogP contribution in [0.4, 0.5) is 0 Å². The van der Waals surface area contributed by atoms with Gasteiger partial charge in [0.1, 0.15) is 12.3 Å². The first-order valence-corrected chi connectivity index (χ1v) is 11.8. The molecule has 5 heteroatoms. The summed E-state index contributed by atoms with van der Waals surface area (Å²) < 4.78 is 10.0. The summed E-state index contributed by atoms with van der Waals surface area (Å²) in [6.45, 7) is 6.10. The van der Waals surface area contributed by atoms with Crippen LogP contribution >= 0.6 is 0 Å². The van der Waals surface area contributed by atoms with Gasteiger partial charge in [0, 0.05) is 12.0 Å².